The third kappa shape index (κ3) is 1.24. The molecule has 2 heteroatoms. The van der Waals surface area contributed by atoms with E-state index in [2.05, 4.69) is 29.6 Å². The summed E-state index contributed by atoms with van der Waals surface area (Å²) >= 11 is 0. The molecule has 0 radical (unpaired) electrons. The third-order valence-corrected chi connectivity index (χ3v) is 2.64. The molecular formula is C12H11NO. The smallest absolute Gasteiger partial charge is 0.0951 e. The number of benzene rings is 1. The van der Waals surface area contributed by atoms with Crippen LogP contribution in [0.4, 0.5) is 0 Å². The third-order valence-electron chi connectivity index (χ3n) is 2.64. The molecule has 0 aliphatic carbocycles. The van der Waals surface area contributed by atoms with Gasteiger partial charge in [-0.05, 0) is 11.6 Å². The lowest BCUT2D eigenvalue weighted by Crippen LogP contribution is -1.81. The fourth-order valence-corrected chi connectivity index (χ4v) is 1.83. The normalized spacial score (nSPS) is 24.9. The lowest BCUT2D eigenvalue weighted by atomic mass is 10.1. The maximum atomic E-state index is 5.06. The molecule has 2 nitrogen and oxygen atoms in total. The number of rotatable bonds is 2. The second-order valence-electron chi connectivity index (χ2n) is 3.59. The highest BCUT2D eigenvalue weighted by atomic mass is 16.3. The Balaban J connectivity index is 1.81. The van der Waals surface area contributed by atoms with Crippen LogP contribution in [0.5, 0.6) is 0 Å². The van der Waals surface area contributed by atoms with Gasteiger partial charge in [-0.2, -0.15) is 0 Å². The Kier molecular flexibility index (Phi) is 1.67. The van der Waals surface area contributed by atoms with E-state index < -0.39 is 0 Å². The highest BCUT2D eigenvalue weighted by Gasteiger charge is 2.38. The van der Waals surface area contributed by atoms with Gasteiger partial charge in [0, 0.05) is 5.56 Å². The van der Waals surface area contributed by atoms with E-state index in [4.69, 9.17) is 4.42 Å². The van der Waals surface area contributed by atoms with Crippen molar-refractivity contribution in [3.05, 3.63) is 60.1 Å². The van der Waals surface area contributed by atoms with Gasteiger partial charge in [0.2, 0.25) is 0 Å². The average molecular weight is 185 g/mol. The zero-order valence-electron chi connectivity index (χ0n) is 7.68. The number of nitrogens with one attached hydrogen (secondary N) is 1. The van der Waals surface area contributed by atoms with Crippen LogP contribution in [-0.4, -0.2) is 0 Å². The van der Waals surface area contributed by atoms with Crippen molar-refractivity contribution in [3.8, 4) is 0 Å². The molecule has 1 fully saturated rings. The van der Waals surface area contributed by atoms with Gasteiger partial charge in [-0.25, -0.2) is 0 Å². The molecule has 1 aliphatic rings. The maximum absolute atomic E-state index is 5.06. The summed E-state index contributed by atoms with van der Waals surface area (Å²) in [7, 11) is 0. The predicted molar refractivity (Wildman–Crippen MR) is 53.8 cm³/mol. The first-order valence-corrected chi connectivity index (χ1v) is 4.78. The summed E-state index contributed by atoms with van der Waals surface area (Å²) in [5.74, 6) is 0. The van der Waals surface area contributed by atoms with Crippen LogP contribution in [0.25, 0.3) is 0 Å². The molecule has 1 aromatic heterocycles. The van der Waals surface area contributed by atoms with Crippen molar-refractivity contribution in [2.45, 2.75) is 12.1 Å². The molecule has 0 unspecified atom stereocenters. The fraction of sp³-hybridized carbons (Fsp3) is 0.167. The Morgan fingerprint density at radius 2 is 1.71 bits per heavy atom. The van der Waals surface area contributed by atoms with Crippen LogP contribution < -0.4 is 5.32 Å². The van der Waals surface area contributed by atoms with Gasteiger partial charge in [0.1, 0.15) is 0 Å². The number of furan rings is 1. The van der Waals surface area contributed by atoms with Crippen molar-refractivity contribution < 1.29 is 4.42 Å². The standard InChI is InChI=1S/C12H11NO/c1-2-4-9(5-3-1)11-12(13-11)10-6-7-14-8-10/h1-8,11-13H/t11-,12+/m1/s1. The number of hydrogen-bond acceptors (Lipinski definition) is 2. The molecule has 70 valence electrons. The largest absolute Gasteiger partial charge is 0.472 e. The first-order chi connectivity index (χ1) is 6.95. The van der Waals surface area contributed by atoms with E-state index in [-0.39, 0.29) is 0 Å². The van der Waals surface area contributed by atoms with E-state index in [0.29, 0.717) is 12.1 Å². The first-order valence-electron chi connectivity index (χ1n) is 4.78. The van der Waals surface area contributed by atoms with Crippen molar-refractivity contribution >= 4 is 0 Å². The van der Waals surface area contributed by atoms with Crippen molar-refractivity contribution in [1.29, 1.82) is 0 Å². The molecular weight excluding hydrogens is 174 g/mol. The predicted octanol–water partition coefficient (Wildman–Crippen LogP) is 2.67. The molecule has 1 saturated heterocycles. The van der Waals surface area contributed by atoms with Crippen LogP contribution in [0, 0.1) is 0 Å². The van der Waals surface area contributed by atoms with Crippen LogP contribution in [0.2, 0.25) is 0 Å². The Morgan fingerprint density at radius 3 is 2.43 bits per heavy atom. The van der Waals surface area contributed by atoms with E-state index in [1.165, 1.54) is 11.1 Å². The molecule has 1 aromatic carbocycles. The summed E-state index contributed by atoms with van der Waals surface area (Å²) < 4.78 is 5.06. The minimum Gasteiger partial charge on any atom is -0.472 e. The quantitative estimate of drug-likeness (QED) is 0.730. The summed E-state index contributed by atoms with van der Waals surface area (Å²) in [5, 5.41) is 3.43. The minimum absolute atomic E-state index is 0.441. The van der Waals surface area contributed by atoms with Gasteiger partial charge in [-0.1, -0.05) is 30.3 Å². The van der Waals surface area contributed by atoms with Gasteiger partial charge in [-0.15, -0.1) is 0 Å². The van der Waals surface area contributed by atoms with E-state index in [1.54, 1.807) is 12.5 Å². The van der Waals surface area contributed by atoms with E-state index in [1.807, 2.05) is 12.1 Å². The highest BCUT2D eigenvalue weighted by Crippen LogP contribution is 2.42. The Bertz CT molecular complexity index is 407. The monoisotopic (exact) mass is 185 g/mol. The second kappa shape index (κ2) is 3.00. The van der Waals surface area contributed by atoms with Gasteiger partial charge < -0.3 is 4.42 Å². The van der Waals surface area contributed by atoms with Crippen LogP contribution in [0.3, 0.4) is 0 Å². The van der Waals surface area contributed by atoms with E-state index >= 15 is 0 Å². The Morgan fingerprint density at radius 1 is 0.929 bits per heavy atom. The summed E-state index contributed by atoms with van der Waals surface area (Å²) in [5.41, 5.74) is 2.58. The lowest BCUT2D eigenvalue weighted by molar-refractivity contribution is 0.563. The van der Waals surface area contributed by atoms with Gasteiger partial charge in [-0.3, -0.25) is 5.32 Å². The summed E-state index contributed by atoms with van der Waals surface area (Å²) in [6.45, 7) is 0. The Hall–Kier alpha value is -1.54. The zero-order chi connectivity index (χ0) is 9.38. The molecule has 14 heavy (non-hydrogen) atoms. The molecule has 2 aromatic rings. The molecule has 0 bridgehead atoms. The molecule has 0 spiro atoms. The topological polar surface area (TPSA) is 35.1 Å². The molecule has 1 N–H and O–H groups in total. The average Bonchev–Trinajstić information content (AvgIpc) is 2.87. The highest BCUT2D eigenvalue weighted by molar-refractivity contribution is 5.32. The van der Waals surface area contributed by atoms with Gasteiger partial charge in [0.15, 0.2) is 0 Å². The maximum Gasteiger partial charge on any atom is 0.0951 e. The van der Waals surface area contributed by atoms with Crippen molar-refractivity contribution in [2.24, 2.45) is 0 Å². The minimum atomic E-state index is 0.441. The molecule has 3 rings (SSSR count). The van der Waals surface area contributed by atoms with Crippen molar-refractivity contribution in [1.82, 2.24) is 5.32 Å². The van der Waals surface area contributed by atoms with Crippen LogP contribution in [-0.2, 0) is 0 Å². The first kappa shape index (κ1) is 7.83. The molecule has 2 atom stereocenters. The van der Waals surface area contributed by atoms with E-state index in [0.717, 1.165) is 0 Å². The fourth-order valence-electron chi connectivity index (χ4n) is 1.83. The molecule has 0 saturated carbocycles. The van der Waals surface area contributed by atoms with E-state index in [9.17, 15) is 0 Å². The molecule has 2 heterocycles. The molecule has 1 aliphatic heterocycles. The summed E-state index contributed by atoms with van der Waals surface area (Å²) in [4.78, 5) is 0. The zero-order valence-corrected chi connectivity index (χ0v) is 7.68. The number of hydrogen-bond donors (Lipinski definition) is 1. The van der Waals surface area contributed by atoms with Gasteiger partial charge in [0.05, 0.1) is 24.6 Å². The van der Waals surface area contributed by atoms with Crippen LogP contribution in [0.1, 0.15) is 23.2 Å². The summed E-state index contributed by atoms with van der Waals surface area (Å²) in [6, 6.07) is 13.4. The Labute approximate surface area is 82.6 Å². The van der Waals surface area contributed by atoms with Crippen molar-refractivity contribution in [3.63, 3.8) is 0 Å². The van der Waals surface area contributed by atoms with Crippen LogP contribution in [0.15, 0.2) is 53.3 Å². The van der Waals surface area contributed by atoms with Gasteiger partial charge in [0.25, 0.3) is 0 Å². The lowest BCUT2D eigenvalue weighted by Gasteiger charge is -1.94. The SMILES string of the molecule is c1ccc([C@H]2N[C@H]2c2ccoc2)cc1. The van der Waals surface area contributed by atoms with Gasteiger partial charge >= 0.3 is 0 Å². The van der Waals surface area contributed by atoms with Crippen molar-refractivity contribution in [2.75, 3.05) is 0 Å². The molecule has 0 amide bonds. The van der Waals surface area contributed by atoms with Crippen LogP contribution >= 0.6 is 0 Å². The second-order valence-corrected chi connectivity index (χ2v) is 3.59. The summed E-state index contributed by atoms with van der Waals surface area (Å²) in [6.07, 6.45) is 3.53.